The Hall–Kier alpha value is -3.04. The van der Waals surface area contributed by atoms with Crippen LogP contribution in [0.3, 0.4) is 0 Å². The fraction of sp³-hybridized carbons (Fsp3) is 0.267. The molecular weight excluding hydrogens is 347 g/mol. The van der Waals surface area contributed by atoms with Crippen LogP contribution in [0.1, 0.15) is 6.92 Å². The number of alkyl halides is 3. The summed E-state index contributed by atoms with van der Waals surface area (Å²) < 4.78 is 48.8. The molecule has 0 bridgehead atoms. The summed E-state index contributed by atoms with van der Waals surface area (Å²) in [5.41, 5.74) is 0.178. The van der Waals surface area contributed by atoms with Crippen molar-refractivity contribution in [2.24, 2.45) is 0 Å². The Kier molecular flexibility index (Phi) is 7.44. The van der Waals surface area contributed by atoms with Crippen LogP contribution < -0.4 is 10.1 Å². The summed E-state index contributed by atoms with van der Waals surface area (Å²) in [7, 11) is 0. The highest BCUT2D eigenvalue weighted by Crippen LogP contribution is 2.23. The van der Waals surface area contributed by atoms with Gasteiger partial charge in [-0.15, -0.1) is 13.2 Å². The summed E-state index contributed by atoms with van der Waals surface area (Å²) in [6.07, 6.45) is -3.16. The number of ether oxygens (including phenoxy) is 3. The van der Waals surface area contributed by atoms with Crippen molar-refractivity contribution >= 4 is 23.5 Å². The van der Waals surface area contributed by atoms with E-state index in [-0.39, 0.29) is 12.3 Å². The minimum atomic E-state index is -4.81. The van der Waals surface area contributed by atoms with Gasteiger partial charge in [-0.05, 0) is 31.2 Å². The van der Waals surface area contributed by atoms with Crippen LogP contribution in [0.15, 0.2) is 36.4 Å². The summed E-state index contributed by atoms with van der Waals surface area (Å²) in [4.78, 5) is 33.8. The van der Waals surface area contributed by atoms with Crippen molar-refractivity contribution in [2.75, 3.05) is 18.5 Å². The minimum Gasteiger partial charge on any atom is -0.463 e. The van der Waals surface area contributed by atoms with E-state index in [1.165, 1.54) is 12.1 Å². The average Bonchev–Trinajstić information content (AvgIpc) is 2.52. The zero-order valence-electron chi connectivity index (χ0n) is 13.0. The maximum Gasteiger partial charge on any atom is 0.573 e. The fourth-order valence-corrected chi connectivity index (χ4v) is 1.45. The molecule has 25 heavy (non-hydrogen) atoms. The highest BCUT2D eigenvalue weighted by Gasteiger charge is 2.30. The maximum atomic E-state index is 12.0. The molecule has 1 amide bonds. The molecule has 0 saturated heterocycles. The van der Waals surface area contributed by atoms with Crippen LogP contribution in [0.25, 0.3) is 0 Å². The summed E-state index contributed by atoms with van der Waals surface area (Å²) in [6, 6.07) is 4.39. The van der Waals surface area contributed by atoms with E-state index in [1.807, 2.05) is 0 Å². The summed E-state index contributed by atoms with van der Waals surface area (Å²) >= 11 is 0. The van der Waals surface area contributed by atoms with Gasteiger partial charge >= 0.3 is 18.3 Å². The number of hydrogen-bond acceptors (Lipinski definition) is 6. The van der Waals surface area contributed by atoms with Crippen LogP contribution >= 0.6 is 0 Å². The Morgan fingerprint density at radius 1 is 1.04 bits per heavy atom. The molecule has 1 aromatic rings. The van der Waals surface area contributed by atoms with Crippen molar-refractivity contribution in [1.82, 2.24) is 0 Å². The second-order valence-corrected chi connectivity index (χ2v) is 4.31. The third-order valence-electron chi connectivity index (χ3n) is 2.36. The lowest BCUT2D eigenvalue weighted by atomic mass is 10.3. The summed E-state index contributed by atoms with van der Waals surface area (Å²) in [5.74, 6) is -2.83. The van der Waals surface area contributed by atoms with E-state index in [1.54, 1.807) is 6.92 Å². The van der Waals surface area contributed by atoms with E-state index in [0.29, 0.717) is 0 Å². The first-order chi connectivity index (χ1) is 11.7. The van der Waals surface area contributed by atoms with Gasteiger partial charge in [0.2, 0.25) is 0 Å². The standard InChI is InChI=1S/C15H14F3NO6/c1-2-23-13(21)7-8-14(22)24-9-12(20)19-10-3-5-11(6-4-10)25-15(16,17)18/h3-8H,2,9H2,1H3,(H,19,20)/b8-7+. The van der Waals surface area contributed by atoms with E-state index in [4.69, 9.17) is 0 Å². The van der Waals surface area contributed by atoms with Crippen LogP contribution in [0.5, 0.6) is 5.75 Å². The molecule has 136 valence electrons. The van der Waals surface area contributed by atoms with Crippen molar-refractivity contribution in [2.45, 2.75) is 13.3 Å². The third-order valence-corrected chi connectivity index (χ3v) is 2.36. The number of carbonyl (C=O) groups is 3. The van der Waals surface area contributed by atoms with Gasteiger partial charge in [0.1, 0.15) is 5.75 Å². The van der Waals surface area contributed by atoms with Gasteiger partial charge in [0.05, 0.1) is 6.61 Å². The molecule has 0 atom stereocenters. The van der Waals surface area contributed by atoms with Crippen molar-refractivity contribution in [1.29, 1.82) is 0 Å². The number of amides is 1. The number of benzene rings is 1. The molecular formula is C15H14F3NO6. The van der Waals surface area contributed by atoms with Gasteiger partial charge in [-0.1, -0.05) is 0 Å². The van der Waals surface area contributed by atoms with Crippen LogP contribution in [-0.2, 0) is 23.9 Å². The van der Waals surface area contributed by atoms with Gasteiger partial charge in [0.15, 0.2) is 6.61 Å². The van der Waals surface area contributed by atoms with Gasteiger partial charge in [-0.25, -0.2) is 9.59 Å². The highest BCUT2D eigenvalue weighted by molar-refractivity contribution is 5.95. The van der Waals surface area contributed by atoms with Gasteiger partial charge in [0.25, 0.3) is 5.91 Å². The van der Waals surface area contributed by atoms with Crippen molar-refractivity contribution < 1.29 is 41.8 Å². The number of anilines is 1. The van der Waals surface area contributed by atoms with Gasteiger partial charge < -0.3 is 19.5 Å². The lowest BCUT2D eigenvalue weighted by Gasteiger charge is -2.10. The van der Waals surface area contributed by atoms with Gasteiger partial charge in [-0.3, -0.25) is 4.79 Å². The number of carbonyl (C=O) groups excluding carboxylic acids is 3. The maximum absolute atomic E-state index is 12.0. The molecule has 1 rings (SSSR count). The number of rotatable bonds is 7. The Morgan fingerprint density at radius 2 is 1.60 bits per heavy atom. The lowest BCUT2D eigenvalue weighted by Crippen LogP contribution is -2.20. The van der Waals surface area contributed by atoms with Crippen molar-refractivity contribution in [3.8, 4) is 5.75 Å². The van der Waals surface area contributed by atoms with Gasteiger partial charge in [-0.2, -0.15) is 0 Å². The topological polar surface area (TPSA) is 90.9 Å². The molecule has 0 unspecified atom stereocenters. The molecule has 0 fully saturated rings. The first kappa shape index (κ1) is 20.0. The molecule has 1 aromatic carbocycles. The lowest BCUT2D eigenvalue weighted by molar-refractivity contribution is -0.274. The van der Waals surface area contributed by atoms with Crippen molar-refractivity contribution in [3.05, 3.63) is 36.4 Å². The third kappa shape index (κ3) is 8.98. The van der Waals surface area contributed by atoms with E-state index < -0.39 is 36.6 Å². The van der Waals surface area contributed by atoms with Crippen molar-refractivity contribution in [3.63, 3.8) is 0 Å². The predicted molar refractivity (Wildman–Crippen MR) is 78.5 cm³/mol. The molecule has 0 aliphatic rings. The number of esters is 2. The number of halogens is 3. The Morgan fingerprint density at radius 3 is 2.12 bits per heavy atom. The smallest absolute Gasteiger partial charge is 0.463 e. The van der Waals surface area contributed by atoms with Crippen LogP contribution in [0.4, 0.5) is 18.9 Å². The van der Waals surface area contributed by atoms with Crippen LogP contribution in [0.2, 0.25) is 0 Å². The van der Waals surface area contributed by atoms with E-state index >= 15 is 0 Å². The van der Waals surface area contributed by atoms with Crippen LogP contribution in [0, 0.1) is 0 Å². The normalized spacial score (nSPS) is 11.0. The largest absolute Gasteiger partial charge is 0.573 e. The highest BCUT2D eigenvalue weighted by atomic mass is 19.4. The first-order valence-corrected chi connectivity index (χ1v) is 6.87. The average molecular weight is 361 g/mol. The molecule has 0 aliphatic carbocycles. The Balaban J connectivity index is 2.41. The molecule has 1 N–H and O–H groups in total. The fourth-order valence-electron chi connectivity index (χ4n) is 1.45. The molecule has 7 nitrogen and oxygen atoms in total. The molecule has 10 heteroatoms. The molecule has 0 saturated carbocycles. The SMILES string of the molecule is CCOC(=O)/C=C/C(=O)OCC(=O)Nc1ccc(OC(F)(F)F)cc1. The molecule has 0 aromatic heterocycles. The predicted octanol–water partition coefficient (Wildman–Crippen LogP) is 2.19. The van der Waals surface area contributed by atoms with E-state index in [0.717, 1.165) is 24.3 Å². The molecule has 0 radical (unpaired) electrons. The zero-order chi connectivity index (χ0) is 18.9. The van der Waals surface area contributed by atoms with E-state index in [9.17, 15) is 27.6 Å². The Bertz CT molecular complexity index is 640. The molecule has 0 spiro atoms. The zero-order valence-corrected chi connectivity index (χ0v) is 13.0. The van der Waals surface area contributed by atoms with Gasteiger partial charge in [0, 0.05) is 17.8 Å². The summed E-state index contributed by atoms with van der Waals surface area (Å²) in [6.45, 7) is 1.09. The number of hydrogen-bond donors (Lipinski definition) is 1. The monoisotopic (exact) mass is 361 g/mol. The first-order valence-electron chi connectivity index (χ1n) is 6.87. The molecule has 0 heterocycles. The summed E-state index contributed by atoms with van der Waals surface area (Å²) in [5, 5.41) is 2.30. The Labute approximate surface area is 140 Å². The quantitative estimate of drug-likeness (QED) is 0.591. The second-order valence-electron chi connectivity index (χ2n) is 4.31. The second kappa shape index (κ2) is 9.30. The minimum absolute atomic E-state index is 0.146. The van der Waals surface area contributed by atoms with Crippen LogP contribution in [-0.4, -0.2) is 37.4 Å². The van der Waals surface area contributed by atoms with E-state index in [2.05, 4.69) is 19.5 Å². The molecule has 0 aliphatic heterocycles. The number of nitrogens with one attached hydrogen (secondary N) is 1.